The molecule has 2 aromatic carbocycles. The van der Waals surface area contributed by atoms with Crippen LogP contribution < -0.4 is 5.32 Å². The summed E-state index contributed by atoms with van der Waals surface area (Å²) in [6.45, 7) is 4.89. The Balaban J connectivity index is 1.56. The molecule has 0 aliphatic heterocycles. The number of benzene rings is 2. The van der Waals surface area contributed by atoms with E-state index in [1.807, 2.05) is 73.1 Å². The first-order valence-corrected chi connectivity index (χ1v) is 9.82. The van der Waals surface area contributed by atoms with Gasteiger partial charge in [-0.15, -0.1) is 0 Å². The van der Waals surface area contributed by atoms with Crippen LogP contribution in [0.3, 0.4) is 0 Å². The molecular weight excluding hydrogens is 388 g/mol. The minimum atomic E-state index is -0.251. The molecule has 0 saturated heterocycles. The Morgan fingerprint density at radius 3 is 2.66 bits per heavy atom. The lowest BCUT2D eigenvalue weighted by molar-refractivity contribution is 0.0943. The molecule has 2 heterocycles. The molecule has 0 bridgehead atoms. The van der Waals surface area contributed by atoms with E-state index in [0.29, 0.717) is 23.0 Å². The van der Waals surface area contributed by atoms with Crippen LogP contribution in [-0.2, 0) is 13.1 Å². The molecule has 0 aliphatic carbocycles. The smallest absolute Gasteiger partial charge is 0.272 e. The molecule has 1 N–H and O–H groups in total. The third-order valence-electron chi connectivity index (χ3n) is 4.71. The van der Waals surface area contributed by atoms with E-state index >= 15 is 0 Å². The number of fused-ring (bicyclic) bond motifs is 1. The molecule has 0 radical (unpaired) electrons. The van der Waals surface area contributed by atoms with E-state index < -0.39 is 0 Å². The van der Waals surface area contributed by atoms with Crippen LogP contribution in [0.5, 0.6) is 0 Å². The van der Waals surface area contributed by atoms with Crippen LogP contribution in [0.15, 0.2) is 59.1 Å². The van der Waals surface area contributed by atoms with Gasteiger partial charge in [-0.2, -0.15) is 5.10 Å². The van der Waals surface area contributed by atoms with Gasteiger partial charge in [0.2, 0.25) is 0 Å². The van der Waals surface area contributed by atoms with Crippen LogP contribution in [0.1, 0.15) is 47.3 Å². The molecule has 0 spiro atoms. The van der Waals surface area contributed by atoms with E-state index in [2.05, 4.69) is 15.6 Å². The molecule has 4 rings (SSSR count). The van der Waals surface area contributed by atoms with E-state index in [1.165, 1.54) is 0 Å². The summed E-state index contributed by atoms with van der Waals surface area (Å²) in [5, 5.41) is 13.0. The second kappa shape index (κ2) is 8.09. The van der Waals surface area contributed by atoms with Gasteiger partial charge in [0.05, 0.1) is 24.3 Å². The second-order valence-electron chi connectivity index (χ2n) is 7.21. The highest BCUT2D eigenvalue weighted by atomic mass is 35.5. The van der Waals surface area contributed by atoms with Crippen molar-refractivity contribution in [2.45, 2.75) is 32.9 Å². The van der Waals surface area contributed by atoms with Gasteiger partial charge >= 0.3 is 0 Å². The summed E-state index contributed by atoms with van der Waals surface area (Å²) in [6, 6.07) is 17.2. The Morgan fingerprint density at radius 1 is 1.17 bits per heavy atom. The number of hydrogen-bond donors (Lipinski definition) is 1. The van der Waals surface area contributed by atoms with Crippen molar-refractivity contribution in [2.24, 2.45) is 0 Å². The Hall–Kier alpha value is -3.12. The Bertz CT molecular complexity index is 1150. The van der Waals surface area contributed by atoms with Gasteiger partial charge in [0.15, 0.2) is 11.5 Å². The lowest BCUT2D eigenvalue weighted by Gasteiger charge is -2.04. The maximum Gasteiger partial charge on any atom is 0.272 e. The topological polar surface area (TPSA) is 73.0 Å². The molecule has 0 atom stereocenters. The Morgan fingerprint density at radius 2 is 1.93 bits per heavy atom. The standard InChI is InChI=1S/C22H21ClN4O2/c1-14(2)19-11-17(29-26-19)12-24-22(28)21-18-5-3-4-6-20(18)27(25-21)13-15-7-9-16(23)10-8-15/h3-11,14H,12-13H2,1-2H3,(H,24,28). The number of para-hydroxylation sites is 1. The lowest BCUT2D eigenvalue weighted by atomic mass is 10.1. The van der Waals surface area contributed by atoms with Gasteiger partial charge in [0, 0.05) is 16.5 Å². The zero-order valence-electron chi connectivity index (χ0n) is 16.2. The highest BCUT2D eigenvalue weighted by Crippen LogP contribution is 2.21. The maximum atomic E-state index is 12.8. The number of carbonyl (C=O) groups excluding carboxylic acids is 1. The molecule has 4 aromatic rings. The van der Waals surface area contributed by atoms with Crippen LogP contribution in [0.2, 0.25) is 5.02 Å². The Kier molecular flexibility index (Phi) is 5.36. The first kappa shape index (κ1) is 19.2. The largest absolute Gasteiger partial charge is 0.359 e. The number of aromatic nitrogens is 3. The summed E-state index contributed by atoms with van der Waals surface area (Å²) < 4.78 is 7.12. The van der Waals surface area contributed by atoms with Crippen molar-refractivity contribution >= 4 is 28.4 Å². The summed E-state index contributed by atoms with van der Waals surface area (Å²) >= 11 is 5.97. The molecule has 0 aliphatic rings. The fourth-order valence-corrected chi connectivity index (χ4v) is 3.24. The van der Waals surface area contributed by atoms with Crippen LogP contribution in [0.4, 0.5) is 0 Å². The van der Waals surface area contributed by atoms with Gasteiger partial charge in [0.1, 0.15) is 0 Å². The predicted molar refractivity (Wildman–Crippen MR) is 112 cm³/mol. The van der Waals surface area contributed by atoms with Gasteiger partial charge in [0.25, 0.3) is 5.91 Å². The lowest BCUT2D eigenvalue weighted by Crippen LogP contribution is -2.23. The number of rotatable bonds is 6. The molecule has 2 aromatic heterocycles. The van der Waals surface area contributed by atoms with Crippen molar-refractivity contribution in [1.29, 1.82) is 0 Å². The van der Waals surface area contributed by atoms with E-state index in [-0.39, 0.29) is 18.4 Å². The van der Waals surface area contributed by atoms with Crippen LogP contribution in [-0.4, -0.2) is 20.8 Å². The molecule has 0 unspecified atom stereocenters. The van der Waals surface area contributed by atoms with Crippen LogP contribution in [0, 0.1) is 0 Å². The number of amides is 1. The minimum Gasteiger partial charge on any atom is -0.359 e. The SMILES string of the molecule is CC(C)c1cc(CNC(=O)c2nn(Cc3ccc(Cl)cc3)c3ccccc23)on1. The third kappa shape index (κ3) is 4.17. The number of carbonyl (C=O) groups is 1. The second-order valence-corrected chi connectivity index (χ2v) is 7.64. The van der Waals surface area contributed by atoms with E-state index in [1.54, 1.807) is 0 Å². The van der Waals surface area contributed by atoms with Crippen molar-refractivity contribution < 1.29 is 9.32 Å². The highest BCUT2D eigenvalue weighted by Gasteiger charge is 2.18. The van der Waals surface area contributed by atoms with Crippen LogP contribution >= 0.6 is 11.6 Å². The fourth-order valence-electron chi connectivity index (χ4n) is 3.11. The summed E-state index contributed by atoms with van der Waals surface area (Å²) in [5.74, 6) is 0.640. The number of nitrogens with zero attached hydrogens (tertiary/aromatic N) is 3. The van der Waals surface area contributed by atoms with E-state index in [9.17, 15) is 4.79 Å². The zero-order valence-corrected chi connectivity index (χ0v) is 17.0. The van der Waals surface area contributed by atoms with Gasteiger partial charge in [-0.25, -0.2) is 0 Å². The van der Waals surface area contributed by atoms with Crippen molar-refractivity contribution in [3.8, 4) is 0 Å². The highest BCUT2D eigenvalue weighted by molar-refractivity contribution is 6.30. The van der Waals surface area contributed by atoms with Crippen LogP contribution in [0.25, 0.3) is 10.9 Å². The van der Waals surface area contributed by atoms with E-state index in [0.717, 1.165) is 22.2 Å². The zero-order chi connectivity index (χ0) is 20.4. The van der Waals surface area contributed by atoms with Gasteiger partial charge in [-0.3, -0.25) is 9.48 Å². The molecule has 29 heavy (non-hydrogen) atoms. The first-order valence-electron chi connectivity index (χ1n) is 9.45. The molecule has 0 fully saturated rings. The summed E-state index contributed by atoms with van der Waals surface area (Å²) in [5.41, 5.74) is 3.21. The Labute approximate surface area is 173 Å². The molecule has 0 saturated carbocycles. The third-order valence-corrected chi connectivity index (χ3v) is 4.96. The average Bonchev–Trinajstić information content (AvgIpc) is 3.34. The van der Waals surface area contributed by atoms with E-state index in [4.69, 9.17) is 16.1 Å². The molecule has 1 amide bonds. The van der Waals surface area contributed by atoms with Crippen molar-refractivity contribution in [3.05, 3.63) is 82.3 Å². The summed E-state index contributed by atoms with van der Waals surface area (Å²) in [7, 11) is 0. The van der Waals surface area contributed by atoms with Gasteiger partial charge in [-0.1, -0.05) is 60.9 Å². The normalized spacial score (nSPS) is 11.3. The number of halogens is 1. The van der Waals surface area contributed by atoms with Crippen molar-refractivity contribution in [1.82, 2.24) is 20.3 Å². The predicted octanol–water partition coefficient (Wildman–Crippen LogP) is 4.78. The van der Waals surface area contributed by atoms with Crippen molar-refractivity contribution in [2.75, 3.05) is 0 Å². The minimum absolute atomic E-state index is 0.251. The van der Waals surface area contributed by atoms with Gasteiger partial charge in [-0.05, 0) is 29.7 Å². The quantitative estimate of drug-likeness (QED) is 0.498. The molecule has 148 valence electrons. The maximum absolute atomic E-state index is 12.8. The fraction of sp³-hybridized carbons (Fsp3) is 0.227. The summed E-state index contributed by atoms with van der Waals surface area (Å²) in [4.78, 5) is 12.8. The van der Waals surface area contributed by atoms with Gasteiger partial charge < -0.3 is 9.84 Å². The molecule has 7 heteroatoms. The molecular formula is C22H21ClN4O2. The number of nitrogens with one attached hydrogen (secondary N) is 1. The molecule has 6 nitrogen and oxygen atoms in total. The van der Waals surface area contributed by atoms with Crippen molar-refractivity contribution in [3.63, 3.8) is 0 Å². The monoisotopic (exact) mass is 408 g/mol. The number of hydrogen-bond acceptors (Lipinski definition) is 4. The summed E-state index contributed by atoms with van der Waals surface area (Å²) in [6.07, 6.45) is 0. The average molecular weight is 409 g/mol. The first-order chi connectivity index (χ1) is 14.0.